The van der Waals surface area contributed by atoms with Crippen molar-refractivity contribution in [1.82, 2.24) is 0 Å². The van der Waals surface area contributed by atoms with Gasteiger partial charge in [-0.2, -0.15) is 0 Å². The maximum Gasteiger partial charge on any atom is 0.282 e. The van der Waals surface area contributed by atoms with Gasteiger partial charge >= 0.3 is 0 Å². The van der Waals surface area contributed by atoms with E-state index in [1.54, 1.807) is 12.1 Å². The molecule has 3 aromatic carbocycles. The predicted molar refractivity (Wildman–Crippen MR) is 131 cm³/mol. The summed E-state index contributed by atoms with van der Waals surface area (Å²) in [7, 11) is 0. The number of hydrogen-bond acceptors (Lipinski definition) is 4. The minimum Gasteiger partial charge on any atom is -0.372 e. The van der Waals surface area contributed by atoms with Gasteiger partial charge in [0.25, 0.3) is 11.8 Å². The Morgan fingerprint density at radius 2 is 1.42 bits per heavy atom. The molecule has 0 radical (unpaired) electrons. The Bertz CT molecular complexity index is 1200. The van der Waals surface area contributed by atoms with E-state index >= 15 is 0 Å². The van der Waals surface area contributed by atoms with Crippen LogP contribution in [0, 0.1) is 12.7 Å². The molecule has 0 spiro atoms. The largest absolute Gasteiger partial charge is 0.372 e. The normalized spacial score (nSPS) is 13.6. The zero-order valence-electron chi connectivity index (χ0n) is 18.9. The molecule has 0 unspecified atom stereocenters. The first-order valence-corrected chi connectivity index (χ1v) is 11.0. The predicted octanol–water partition coefficient (Wildman–Crippen LogP) is 5.38. The van der Waals surface area contributed by atoms with Crippen molar-refractivity contribution in [3.05, 3.63) is 95.4 Å². The molecule has 0 fully saturated rings. The Labute approximate surface area is 193 Å². The van der Waals surface area contributed by atoms with Gasteiger partial charge < -0.3 is 10.2 Å². The molecule has 5 nitrogen and oxygen atoms in total. The van der Waals surface area contributed by atoms with Gasteiger partial charge in [0.1, 0.15) is 11.5 Å². The number of imide groups is 1. The van der Waals surface area contributed by atoms with Gasteiger partial charge in [-0.3, -0.25) is 9.59 Å². The van der Waals surface area contributed by atoms with Crippen LogP contribution in [0.25, 0.3) is 5.57 Å². The molecular weight excluding hydrogens is 417 g/mol. The maximum absolute atomic E-state index is 13.5. The van der Waals surface area contributed by atoms with Crippen molar-refractivity contribution in [3.8, 4) is 0 Å². The summed E-state index contributed by atoms with van der Waals surface area (Å²) in [5, 5.41) is 3.05. The third kappa shape index (κ3) is 4.37. The van der Waals surface area contributed by atoms with Crippen LogP contribution in [0.4, 0.5) is 21.5 Å². The number of benzene rings is 3. The topological polar surface area (TPSA) is 52.6 Å². The Balaban J connectivity index is 1.74. The van der Waals surface area contributed by atoms with Crippen molar-refractivity contribution in [2.75, 3.05) is 28.2 Å². The number of aryl methyl sites for hydroxylation is 1. The Kier molecular flexibility index (Phi) is 6.27. The van der Waals surface area contributed by atoms with Crippen LogP contribution in [-0.4, -0.2) is 24.9 Å². The van der Waals surface area contributed by atoms with E-state index in [-0.39, 0.29) is 17.1 Å². The Morgan fingerprint density at radius 1 is 0.818 bits per heavy atom. The summed E-state index contributed by atoms with van der Waals surface area (Å²) < 4.78 is 13.4. The Hall–Kier alpha value is -3.93. The molecule has 1 heterocycles. The van der Waals surface area contributed by atoms with Crippen molar-refractivity contribution in [2.45, 2.75) is 20.8 Å². The number of amides is 2. The fourth-order valence-corrected chi connectivity index (χ4v) is 3.95. The van der Waals surface area contributed by atoms with E-state index in [4.69, 9.17) is 0 Å². The van der Waals surface area contributed by atoms with Crippen LogP contribution in [0.3, 0.4) is 0 Å². The number of hydrogen-bond donors (Lipinski definition) is 1. The highest BCUT2D eigenvalue weighted by atomic mass is 19.1. The van der Waals surface area contributed by atoms with Crippen molar-refractivity contribution in [1.29, 1.82) is 0 Å². The molecule has 0 saturated heterocycles. The first-order chi connectivity index (χ1) is 15.9. The molecule has 4 rings (SSSR count). The zero-order valence-corrected chi connectivity index (χ0v) is 18.9. The highest BCUT2D eigenvalue weighted by Gasteiger charge is 2.40. The van der Waals surface area contributed by atoms with Crippen LogP contribution >= 0.6 is 0 Å². The molecule has 0 aromatic heterocycles. The molecule has 0 saturated carbocycles. The molecule has 1 aliphatic heterocycles. The van der Waals surface area contributed by atoms with Gasteiger partial charge in [-0.05, 0) is 74.9 Å². The summed E-state index contributed by atoms with van der Waals surface area (Å²) in [6, 6.07) is 20.5. The fraction of sp³-hybridized carbons (Fsp3) is 0.185. The molecule has 0 bridgehead atoms. The van der Waals surface area contributed by atoms with Crippen LogP contribution in [0.5, 0.6) is 0 Å². The van der Waals surface area contributed by atoms with Gasteiger partial charge in [0, 0.05) is 24.5 Å². The van der Waals surface area contributed by atoms with Crippen molar-refractivity contribution in [3.63, 3.8) is 0 Å². The Morgan fingerprint density at radius 3 is 2.00 bits per heavy atom. The SMILES string of the molecule is CCN(CC)c1ccc(N2C(=O)C(Nc3ccc(F)cc3)=C(c3ccc(C)cc3)C2=O)cc1. The monoisotopic (exact) mass is 443 g/mol. The van der Waals surface area contributed by atoms with E-state index in [0.29, 0.717) is 16.9 Å². The van der Waals surface area contributed by atoms with Gasteiger partial charge in [0.05, 0.1) is 11.3 Å². The minimum atomic E-state index is -0.449. The zero-order chi connectivity index (χ0) is 23.5. The van der Waals surface area contributed by atoms with Crippen molar-refractivity contribution >= 4 is 34.4 Å². The summed E-state index contributed by atoms with van der Waals surface area (Å²) in [5.41, 5.74) is 4.20. The second kappa shape index (κ2) is 9.28. The van der Waals surface area contributed by atoms with Crippen LogP contribution in [0.1, 0.15) is 25.0 Å². The molecule has 1 N–H and O–H groups in total. The molecule has 3 aromatic rings. The van der Waals surface area contributed by atoms with Crippen molar-refractivity contribution in [2.24, 2.45) is 0 Å². The summed E-state index contributed by atoms with van der Waals surface area (Å²) in [4.78, 5) is 30.4. The van der Waals surface area contributed by atoms with Crippen molar-refractivity contribution < 1.29 is 14.0 Å². The standard InChI is InChI=1S/C27H26FN3O2/c1-4-30(5-2)22-14-16-23(17-15-22)31-26(32)24(19-8-6-18(3)7-9-19)25(27(31)33)29-21-12-10-20(28)11-13-21/h6-17,29H,4-5H2,1-3H3. The van der Waals surface area contributed by atoms with Gasteiger partial charge in [-0.15, -0.1) is 0 Å². The highest BCUT2D eigenvalue weighted by Crippen LogP contribution is 2.34. The van der Waals surface area contributed by atoms with E-state index in [0.717, 1.165) is 24.3 Å². The maximum atomic E-state index is 13.5. The highest BCUT2D eigenvalue weighted by molar-refractivity contribution is 6.46. The van der Waals surface area contributed by atoms with E-state index in [1.807, 2.05) is 43.3 Å². The summed E-state index contributed by atoms with van der Waals surface area (Å²) in [6.07, 6.45) is 0. The molecular formula is C27H26FN3O2. The van der Waals surface area contributed by atoms with Crippen LogP contribution in [0.15, 0.2) is 78.5 Å². The lowest BCUT2D eigenvalue weighted by molar-refractivity contribution is -0.120. The number of nitrogens with one attached hydrogen (secondary N) is 1. The van der Waals surface area contributed by atoms with Crippen LogP contribution < -0.4 is 15.1 Å². The summed E-state index contributed by atoms with van der Waals surface area (Å²) in [6.45, 7) is 7.85. The number of nitrogens with zero attached hydrogens (tertiary/aromatic N) is 2. The molecule has 0 atom stereocenters. The van der Waals surface area contributed by atoms with Gasteiger partial charge in [0.15, 0.2) is 0 Å². The van der Waals surface area contributed by atoms with Crippen LogP contribution in [0.2, 0.25) is 0 Å². The third-order valence-electron chi connectivity index (χ3n) is 5.77. The van der Waals surface area contributed by atoms with Gasteiger partial charge in [-0.25, -0.2) is 9.29 Å². The number of carbonyl (C=O) groups is 2. The minimum absolute atomic E-state index is 0.170. The third-order valence-corrected chi connectivity index (χ3v) is 5.77. The van der Waals surface area contributed by atoms with E-state index in [1.165, 1.54) is 29.2 Å². The quantitative estimate of drug-likeness (QED) is 0.499. The summed E-state index contributed by atoms with van der Waals surface area (Å²) in [5.74, 6) is -1.23. The fourth-order valence-electron chi connectivity index (χ4n) is 3.95. The molecule has 1 aliphatic rings. The number of carbonyl (C=O) groups excluding carboxylic acids is 2. The van der Waals surface area contributed by atoms with E-state index in [9.17, 15) is 14.0 Å². The van der Waals surface area contributed by atoms with E-state index < -0.39 is 11.8 Å². The lowest BCUT2D eigenvalue weighted by Crippen LogP contribution is -2.32. The first-order valence-electron chi connectivity index (χ1n) is 11.0. The first kappa shape index (κ1) is 22.3. The average Bonchev–Trinajstić information content (AvgIpc) is 3.06. The molecule has 0 aliphatic carbocycles. The summed E-state index contributed by atoms with van der Waals surface area (Å²) >= 11 is 0. The number of anilines is 3. The van der Waals surface area contributed by atoms with Crippen LogP contribution in [-0.2, 0) is 9.59 Å². The smallest absolute Gasteiger partial charge is 0.282 e. The molecule has 2 amide bonds. The number of halogens is 1. The molecule has 33 heavy (non-hydrogen) atoms. The average molecular weight is 444 g/mol. The second-order valence-electron chi connectivity index (χ2n) is 7.88. The lowest BCUT2D eigenvalue weighted by Gasteiger charge is -2.22. The lowest BCUT2D eigenvalue weighted by atomic mass is 10.0. The molecule has 6 heteroatoms. The van der Waals surface area contributed by atoms with Gasteiger partial charge in [0.2, 0.25) is 0 Å². The van der Waals surface area contributed by atoms with Gasteiger partial charge in [-0.1, -0.05) is 29.8 Å². The number of rotatable bonds is 7. The van der Waals surface area contributed by atoms with E-state index in [2.05, 4.69) is 24.1 Å². The second-order valence-corrected chi connectivity index (χ2v) is 7.88. The molecule has 168 valence electrons.